The fourth-order valence-corrected chi connectivity index (χ4v) is 2.28. The molecule has 1 N–H and O–H groups in total. The van der Waals surface area contributed by atoms with Crippen LogP contribution in [0.3, 0.4) is 0 Å². The maximum Gasteiger partial charge on any atom is 0.270 e. The van der Waals surface area contributed by atoms with Crippen molar-refractivity contribution >= 4 is 11.9 Å². The van der Waals surface area contributed by atoms with E-state index in [0.29, 0.717) is 18.1 Å². The summed E-state index contributed by atoms with van der Waals surface area (Å²) in [4.78, 5) is 16.5. The minimum atomic E-state index is -0.762. The van der Waals surface area contributed by atoms with Gasteiger partial charge < -0.3 is 9.26 Å². The molecule has 0 spiro atoms. The Morgan fingerprint density at radius 2 is 1.88 bits per heavy atom. The molecule has 1 aromatic heterocycles. The first-order valence-corrected chi connectivity index (χ1v) is 8.19. The molecule has 7 heteroatoms. The molecular weight excluding hydrogens is 337 g/mol. The Morgan fingerprint density at radius 1 is 1.19 bits per heavy atom. The molecule has 1 amide bonds. The number of carbonyl (C=O) groups excluding carboxylic acids is 1. The van der Waals surface area contributed by atoms with Crippen molar-refractivity contribution in [3.05, 3.63) is 59.9 Å². The number of nitrogens with zero attached hydrogens (tertiary/aromatic N) is 2. The molecule has 3 aromatic rings. The van der Waals surface area contributed by atoms with Gasteiger partial charge >= 0.3 is 0 Å². The van der Waals surface area contributed by atoms with Gasteiger partial charge in [0.15, 0.2) is 6.10 Å². The van der Waals surface area contributed by atoms with E-state index in [2.05, 4.69) is 15.5 Å². The highest BCUT2D eigenvalue weighted by Gasteiger charge is 2.21. The minimum absolute atomic E-state index is 0.0618. The number of aromatic nitrogens is 2. The third-order valence-corrected chi connectivity index (χ3v) is 3.71. The van der Waals surface area contributed by atoms with Gasteiger partial charge in [0.25, 0.3) is 17.7 Å². The number of aryl methyl sites for hydroxylation is 1. The van der Waals surface area contributed by atoms with Crippen LogP contribution >= 0.6 is 0 Å². The van der Waals surface area contributed by atoms with Gasteiger partial charge in [-0.05, 0) is 54.9 Å². The van der Waals surface area contributed by atoms with Crippen molar-refractivity contribution in [3.8, 4) is 17.2 Å². The standard InChI is InChI=1S/C19H18FN3O3/c1-3-16(25-15-10-8-14(20)9-11-15)17(24)21-19-22-18(26-23-19)13-6-4-12(2)5-7-13/h4-11,16H,3H2,1-2H3,(H,21,23,24)/t16-/m1/s1. The lowest BCUT2D eigenvalue weighted by Gasteiger charge is -2.15. The van der Waals surface area contributed by atoms with Crippen molar-refractivity contribution in [1.29, 1.82) is 0 Å². The SMILES string of the molecule is CC[C@@H](Oc1ccc(F)cc1)C(=O)Nc1noc(-c2ccc(C)cc2)n1. The van der Waals surface area contributed by atoms with E-state index < -0.39 is 12.0 Å². The van der Waals surface area contributed by atoms with Crippen LogP contribution in [0.1, 0.15) is 18.9 Å². The number of rotatable bonds is 6. The number of halogens is 1. The molecule has 0 unspecified atom stereocenters. The minimum Gasteiger partial charge on any atom is -0.481 e. The molecule has 0 aliphatic rings. The number of hydrogen-bond acceptors (Lipinski definition) is 5. The van der Waals surface area contributed by atoms with Crippen LogP contribution in [0, 0.1) is 12.7 Å². The Balaban J connectivity index is 1.66. The first-order chi connectivity index (χ1) is 12.5. The first-order valence-electron chi connectivity index (χ1n) is 8.19. The maximum absolute atomic E-state index is 13.0. The molecule has 1 heterocycles. The number of hydrogen-bond donors (Lipinski definition) is 1. The molecule has 0 aliphatic heterocycles. The van der Waals surface area contributed by atoms with E-state index in [-0.39, 0.29) is 11.8 Å². The highest BCUT2D eigenvalue weighted by Crippen LogP contribution is 2.20. The number of anilines is 1. The van der Waals surface area contributed by atoms with Crippen LogP contribution in [-0.2, 0) is 4.79 Å². The van der Waals surface area contributed by atoms with Crippen LogP contribution in [0.2, 0.25) is 0 Å². The van der Waals surface area contributed by atoms with E-state index >= 15 is 0 Å². The number of ether oxygens (including phenoxy) is 1. The zero-order chi connectivity index (χ0) is 18.5. The number of benzene rings is 2. The lowest BCUT2D eigenvalue weighted by atomic mass is 10.1. The van der Waals surface area contributed by atoms with E-state index in [1.54, 1.807) is 0 Å². The van der Waals surface area contributed by atoms with Crippen LogP contribution < -0.4 is 10.1 Å². The van der Waals surface area contributed by atoms with Gasteiger partial charge in [0, 0.05) is 5.56 Å². The second kappa shape index (κ2) is 7.77. The highest BCUT2D eigenvalue weighted by atomic mass is 19.1. The van der Waals surface area contributed by atoms with Crippen molar-refractivity contribution in [3.63, 3.8) is 0 Å². The molecule has 26 heavy (non-hydrogen) atoms. The van der Waals surface area contributed by atoms with Crippen LogP contribution in [-0.4, -0.2) is 22.2 Å². The predicted molar refractivity (Wildman–Crippen MR) is 94.2 cm³/mol. The average Bonchev–Trinajstić information content (AvgIpc) is 3.10. The Bertz CT molecular complexity index is 876. The maximum atomic E-state index is 13.0. The molecule has 0 saturated heterocycles. The monoisotopic (exact) mass is 355 g/mol. The smallest absolute Gasteiger partial charge is 0.270 e. The predicted octanol–water partition coefficient (Wildman–Crippen LogP) is 3.98. The van der Waals surface area contributed by atoms with E-state index in [0.717, 1.165) is 11.1 Å². The van der Waals surface area contributed by atoms with Crippen LogP contribution in [0.5, 0.6) is 5.75 Å². The molecule has 1 atom stereocenters. The molecule has 0 aliphatic carbocycles. The summed E-state index contributed by atoms with van der Waals surface area (Å²) in [6.07, 6.45) is -0.340. The van der Waals surface area contributed by atoms with E-state index in [9.17, 15) is 9.18 Å². The van der Waals surface area contributed by atoms with Gasteiger partial charge in [0.1, 0.15) is 11.6 Å². The molecule has 0 fully saturated rings. The van der Waals surface area contributed by atoms with Crippen molar-refractivity contribution in [2.75, 3.05) is 5.32 Å². The molecule has 0 bridgehead atoms. The number of amides is 1. The largest absolute Gasteiger partial charge is 0.481 e. The van der Waals surface area contributed by atoms with E-state index in [1.165, 1.54) is 24.3 Å². The zero-order valence-corrected chi connectivity index (χ0v) is 14.4. The van der Waals surface area contributed by atoms with Gasteiger partial charge in [-0.2, -0.15) is 4.98 Å². The summed E-state index contributed by atoms with van der Waals surface area (Å²) in [5, 5.41) is 6.34. The summed E-state index contributed by atoms with van der Waals surface area (Å²) < 4.78 is 23.7. The van der Waals surface area contributed by atoms with Gasteiger partial charge in [-0.1, -0.05) is 24.6 Å². The quantitative estimate of drug-likeness (QED) is 0.724. The Kier molecular flexibility index (Phi) is 5.26. The van der Waals surface area contributed by atoms with Gasteiger partial charge in [-0.25, -0.2) is 4.39 Å². The molecular formula is C19H18FN3O3. The van der Waals surface area contributed by atoms with Gasteiger partial charge in [-0.3, -0.25) is 10.1 Å². The Hall–Kier alpha value is -3.22. The molecule has 6 nitrogen and oxygen atoms in total. The van der Waals surface area contributed by atoms with E-state index in [4.69, 9.17) is 9.26 Å². The van der Waals surface area contributed by atoms with Crippen molar-refractivity contribution in [2.45, 2.75) is 26.4 Å². The summed E-state index contributed by atoms with van der Waals surface area (Å²) in [7, 11) is 0. The Labute approximate surface area is 150 Å². The normalized spacial score (nSPS) is 11.8. The van der Waals surface area contributed by atoms with Crippen LogP contribution in [0.4, 0.5) is 10.3 Å². The van der Waals surface area contributed by atoms with Crippen LogP contribution in [0.15, 0.2) is 53.1 Å². The molecule has 0 radical (unpaired) electrons. The zero-order valence-electron chi connectivity index (χ0n) is 14.4. The van der Waals surface area contributed by atoms with Gasteiger partial charge in [-0.15, -0.1) is 0 Å². The summed E-state index contributed by atoms with van der Waals surface area (Å²) in [5.41, 5.74) is 1.88. The molecule has 134 valence electrons. The lowest BCUT2D eigenvalue weighted by molar-refractivity contribution is -0.122. The summed E-state index contributed by atoms with van der Waals surface area (Å²) >= 11 is 0. The average molecular weight is 355 g/mol. The Morgan fingerprint density at radius 3 is 2.54 bits per heavy atom. The first kappa shape index (κ1) is 17.6. The summed E-state index contributed by atoms with van der Waals surface area (Å²) in [5.74, 6) is -0.000229. The number of carbonyl (C=O) groups is 1. The second-order valence-electron chi connectivity index (χ2n) is 5.75. The molecule has 3 rings (SSSR count). The van der Waals surface area contributed by atoms with Crippen molar-refractivity contribution in [1.82, 2.24) is 10.1 Å². The summed E-state index contributed by atoms with van der Waals surface area (Å²) in [6.45, 7) is 3.79. The number of nitrogens with one attached hydrogen (secondary N) is 1. The third kappa shape index (κ3) is 4.24. The van der Waals surface area contributed by atoms with Gasteiger partial charge in [0.05, 0.1) is 0 Å². The second-order valence-corrected chi connectivity index (χ2v) is 5.75. The topological polar surface area (TPSA) is 77.2 Å². The van der Waals surface area contributed by atoms with E-state index in [1.807, 2.05) is 38.1 Å². The fraction of sp³-hybridized carbons (Fsp3) is 0.211. The lowest BCUT2D eigenvalue weighted by Crippen LogP contribution is -2.32. The van der Waals surface area contributed by atoms with Crippen molar-refractivity contribution in [2.24, 2.45) is 0 Å². The summed E-state index contributed by atoms with van der Waals surface area (Å²) in [6, 6.07) is 13.1. The molecule has 2 aromatic carbocycles. The van der Waals surface area contributed by atoms with Gasteiger partial charge in [0.2, 0.25) is 0 Å². The van der Waals surface area contributed by atoms with Crippen molar-refractivity contribution < 1.29 is 18.4 Å². The third-order valence-electron chi connectivity index (χ3n) is 3.71. The molecule has 0 saturated carbocycles. The highest BCUT2D eigenvalue weighted by molar-refractivity contribution is 5.92. The van der Waals surface area contributed by atoms with Crippen LogP contribution in [0.25, 0.3) is 11.5 Å². The fourth-order valence-electron chi connectivity index (χ4n) is 2.28.